The molecule has 6 heteroatoms. The summed E-state index contributed by atoms with van der Waals surface area (Å²) in [5, 5.41) is 0.0977. The number of hydrogen-bond donors (Lipinski definition) is 1. The van der Waals surface area contributed by atoms with Gasteiger partial charge in [-0.25, -0.2) is 9.37 Å². The van der Waals surface area contributed by atoms with Crippen molar-refractivity contribution in [2.24, 2.45) is 5.92 Å². The van der Waals surface area contributed by atoms with Gasteiger partial charge in [0.2, 0.25) is 5.95 Å². The maximum atomic E-state index is 13.5. The molecule has 2 aromatic rings. The zero-order valence-electron chi connectivity index (χ0n) is 10.9. The van der Waals surface area contributed by atoms with Crippen LogP contribution in [0.15, 0.2) is 12.1 Å². The van der Waals surface area contributed by atoms with Gasteiger partial charge in [-0.15, -0.1) is 0 Å². The van der Waals surface area contributed by atoms with Gasteiger partial charge in [0.1, 0.15) is 5.82 Å². The minimum atomic E-state index is -0.467. The van der Waals surface area contributed by atoms with Crippen molar-refractivity contribution in [2.45, 2.75) is 31.4 Å². The Morgan fingerprint density at radius 2 is 2.15 bits per heavy atom. The normalized spacial score (nSPS) is 26.5. The van der Waals surface area contributed by atoms with Gasteiger partial charge in [0.15, 0.2) is 0 Å². The third-order valence-electron chi connectivity index (χ3n) is 4.28. The zero-order chi connectivity index (χ0) is 13.9. The topological polar surface area (TPSA) is 53.1 Å². The number of nitrogen functional groups attached to an aromatic ring is 1. The highest BCUT2D eigenvalue weighted by molar-refractivity contribution is 6.31. The van der Waals surface area contributed by atoms with Crippen molar-refractivity contribution in [3.63, 3.8) is 0 Å². The van der Waals surface area contributed by atoms with Crippen LogP contribution in [0, 0.1) is 11.7 Å². The Kier molecular flexibility index (Phi) is 2.69. The lowest BCUT2D eigenvalue weighted by molar-refractivity contribution is 0.0762. The number of hydrogen-bond acceptors (Lipinski definition) is 3. The maximum Gasteiger partial charge on any atom is 0.201 e. The molecule has 1 aliphatic heterocycles. The van der Waals surface area contributed by atoms with Crippen LogP contribution in [0.5, 0.6) is 0 Å². The lowest BCUT2D eigenvalue weighted by atomic mass is 10.1. The first-order chi connectivity index (χ1) is 9.65. The number of fused-ring (bicyclic) bond motifs is 1. The van der Waals surface area contributed by atoms with Crippen molar-refractivity contribution in [2.75, 3.05) is 12.3 Å². The van der Waals surface area contributed by atoms with E-state index in [1.165, 1.54) is 18.9 Å². The molecule has 2 atom stereocenters. The Labute approximate surface area is 120 Å². The molecule has 2 heterocycles. The standard InChI is InChI=1S/C14H15ClFN3O/c15-8-5-12-10(6-9(8)16)18-14(17)19(12)11-3-4-20-13(11)7-1-2-7/h5-7,11,13H,1-4H2,(H2,17,18). The molecule has 1 aromatic heterocycles. The second kappa shape index (κ2) is 4.33. The number of nitrogens with two attached hydrogens (primary N) is 1. The molecular formula is C14H15ClFN3O. The van der Waals surface area contributed by atoms with E-state index in [-0.39, 0.29) is 17.2 Å². The first kappa shape index (κ1) is 12.4. The van der Waals surface area contributed by atoms with E-state index < -0.39 is 5.82 Å². The minimum absolute atomic E-state index is 0.0977. The Morgan fingerprint density at radius 3 is 2.90 bits per heavy atom. The summed E-state index contributed by atoms with van der Waals surface area (Å²) in [6, 6.07) is 3.12. The van der Waals surface area contributed by atoms with Crippen LogP contribution in [-0.2, 0) is 4.74 Å². The average molecular weight is 296 g/mol. The van der Waals surface area contributed by atoms with Crippen molar-refractivity contribution in [3.05, 3.63) is 23.0 Å². The van der Waals surface area contributed by atoms with Gasteiger partial charge < -0.3 is 15.0 Å². The number of nitrogens with zero attached hydrogens (tertiary/aromatic N) is 2. The molecule has 4 nitrogen and oxygen atoms in total. The molecule has 2 N–H and O–H groups in total. The summed E-state index contributed by atoms with van der Waals surface area (Å²) in [7, 11) is 0. The molecule has 0 bridgehead atoms. The SMILES string of the molecule is Nc1nc2cc(F)c(Cl)cc2n1C1CCOC1C1CC1. The quantitative estimate of drug-likeness (QED) is 0.926. The number of ether oxygens (including phenoxy) is 1. The van der Waals surface area contributed by atoms with E-state index in [1.54, 1.807) is 6.07 Å². The number of imidazole rings is 1. The van der Waals surface area contributed by atoms with Crippen LogP contribution in [0.3, 0.4) is 0 Å². The summed E-state index contributed by atoms with van der Waals surface area (Å²) >= 11 is 5.90. The molecule has 2 unspecified atom stereocenters. The van der Waals surface area contributed by atoms with Gasteiger partial charge in [0, 0.05) is 12.7 Å². The first-order valence-electron chi connectivity index (χ1n) is 6.89. The number of benzene rings is 1. The third kappa shape index (κ3) is 1.80. The molecule has 2 aliphatic rings. The Bertz CT molecular complexity index is 683. The van der Waals surface area contributed by atoms with Gasteiger partial charge in [-0.1, -0.05) is 11.6 Å². The zero-order valence-corrected chi connectivity index (χ0v) is 11.6. The van der Waals surface area contributed by atoms with Crippen LogP contribution < -0.4 is 5.73 Å². The second-order valence-corrected chi connectivity index (χ2v) is 6.03. The van der Waals surface area contributed by atoms with Gasteiger partial charge in [-0.2, -0.15) is 0 Å². The average Bonchev–Trinajstić information content (AvgIpc) is 3.06. The van der Waals surface area contributed by atoms with Crippen LogP contribution in [0.4, 0.5) is 10.3 Å². The van der Waals surface area contributed by atoms with Crippen molar-refractivity contribution < 1.29 is 9.13 Å². The van der Waals surface area contributed by atoms with E-state index in [2.05, 4.69) is 4.98 Å². The fourth-order valence-electron chi connectivity index (χ4n) is 3.21. The Hall–Kier alpha value is -1.33. The lowest BCUT2D eigenvalue weighted by Gasteiger charge is -2.21. The first-order valence-corrected chi connectivity index (χ1v) is 7.27. The molecule has 1 saturated carbocycles. The van der Waals surface area contributed by atoms with E-state index >= 15 is 0 Å². The van der Waals surface area contributed by atoms with Crippen molar-refractivity contribution in [3.8, 4) is 0 Å². The van der Waals surface area contributed by atoms with Crippen LogP contribution in [0.2, 0.25) is 5.02 Å². The third-order valence-corrected chi connectivity index (χ3v) is 4.57. The lowest BCUT2D eigenvalue weighted by Crippen LogP contribution is -2.23. The number of aromatic nitrogens is 2. The van der Waals surface area contributed by atoms with Crippen LogP contribution in [0.1, 0.15) is 25.3 Å². The highest BCUT2D eigenvalue weighted by atomic mass is 35.5. The molecule has 0 radical (unpaired) electrons. The molecule has 106 valence electrons. The number of rotatable bonds is 2. The van der Waals surface area contributed by atoms with Crippen molar-refractivity contribution in [1.29, 1.82) is 0 Å². The summed E-state index contributed by atoms with van der Waals surface area (Å²) in [6.07, 6.45) is 3.52. The molecule has 2 fully saturated rings. The van der Waals surface area contributed by atoms with E-state index in [4.69, 9.17) is 22.1 Å². The van der Waals surface area contributed by atoms with Crippen molar-refractivity contribution >= 4 is 28.6 Å². The maximum absolute atomic E-state index is 13.5. The molecule has 0 spiro atoms. The van der Waals surface area contributed by atoms with E-state index in [0.29, 0.717) is 17.4 Å². The van der Waals surface area contributed by atoms with E-state index in [1.807, 2.05) is 4.57 Å². The summed E-state index contributed by atoms with van der Waals surface area (Å²) in [5.74, 6) is 0.559. The van der Waals surface area contributed by atoms with Crippen molar-refractivity contribution in [1.82, 2.24) is 9.55 Å². The van der Waals surface area contributed by atoms with Gasteiger partial charge in [0.25, 0.3) is 0 Å². The molecule has 1 aliphatic carbocycles. The van der Waals surface area contributed by atoms with Crippen LogP contribution >= 0.6 is 11.6 Å². The predicted molar refractivity (Wildman–Crippen MR) is 75.2 cm³/mol. The van der Waals surface area contributed by atoms with Crippen LogP contribution in [-0.4, -0.2) is 22.3 Å². The Morgan fingerprint density at radius 1 is 1.35 bits per heavy atom. The highest BCUT2D eigenvalue weighted by Gasteiger charge is 2.42. The van der Waals surface area contributed by atoms with Gasteiger partial charge in [0.05, 0.1) is 28.2 Å². The highest BCUT2D eigenvalue weighted by Crippen LogP contribution is 2.45. The van der Waals surface area contributed by atoms with Crippen LogP contribution in [0.25, 0.3) is 11.0 Å². The van der Waals surface area contributed by atoms with Gasteiger partial charge in [-0.05, 0) is 31.2 Å². The second-order valence-electron chi connectivity index (χ2n) is 5.62. The van der Waals surface area contributed by atoms with E-state index in [0.717, 1.165) is 18.5 Å². The molecular weight excluding hydrogens is 281 g/mol. The smallest absolute Gasteiger partial charge is 0.201 e. The molecule has 1 saturated heterocycles. The summed E-state index contributed by atoms with van der Waals surface area (Å²) in [5.41, 5.74) is 7.38. The van der Waals surface area contributed by atoms with Gasteiger partial charge >= 0.3 is 0 Å². The fraction of sp³-hybridized carbons (Fsp3) is 0.500. The molecule has 1 aromatic carbocycles. The number of halogens is 2. The largest absolute Gasteiger partial charge is 0.376 e. The molecule has 4 rings (SSSR count). The number of anilines is 1. The van der Waals surface area contributed by atoms with Gasteiger partial charge in [-0.3, -0.25) is 0 Å². The summed E-state index contributed by atoms with van der Waals surface area (Å²) in [4.78, 5) is 4.26. The molecule has 0 amide bonds. The summed E-state index contributed by atoms with van der Waals surface area (Å²) < 4.78 is 21.4. The monoisotopic (exact) mass is 295 g/mol. The fourth-order valence-corrected chi connectivity index (χ4v) is 3.37. The summed E-state index contributed by atoms with van der Waals surface area (Å²) in [6.45, 7) is 0.736. The minimum Gasteiger partial charge on any atom is -0.376 e. The molecule has 20 heavy (non-hydrogen) atoms. The predicted octanol–water partition coefficient (Wildman–Crippen LogP) is 3.15. The Balaban J connectivity index is 1.86. The van der Waals surface area contributed by atoms with E-state index in [9.17, 15) is 4.39 Å².